The number of hydrogen-bond donors (Lipinski definition) is 2. The summed E-state index contributed by atoms with van der Waals surface area (Å²) in [5.41, 5.74) is 1.10. The fraction of sp³-hybridized carbons (Fsp3) is 0.412. The topological polar surface area (TPSA) is 70.4 Å². The second-order valence-electron chi connectivity index (χ2n) is 5.85. The summed E-state index contributed by atoms with van der Waals surface area (Å²) in [6, 6.07) is 4.59. The second-order valence-corrected chi connectivity index (χ2v) is 5.85. The van der Waals surface area contributed by atoms with Crippen molar-refractivity contribution in [1.82, 2.24) is 19.8 Å². The molecule has 1 atom stereocenters. The fourth-order valence-corrected chi connectivity index (χ4v) is 2.28. The van der Waals surface area contributed by atoms with Crippen LogP contribution in [0.15, 0.2) is 30.6 Å². The van der Waals surface area contributed by atoms with Crippen molar-refractivity contribution in [1.29, 1.82) is 0 Å². The zero-order valence-corrected chi connectivity index (χ0v) is 14.2. The van der Waals surface area contributed by atoms with E-state index in [9.17, 15) is 14.3 Å². The average Bonchev–Trinajstić information content (AvgIpc) is 2.96. The Morgan fingerprint density at radius 2 is 2.25 bits per heavy atom. The van der Waals surface area contributed by atoms with E-state index >= 15 is 0 Å². The third-order valence-electron chi connectivity index (χ3n) is 3.77. The molecule has 2 rings (SSSR count). The van der Waals surface area contributed by atoms with Crippen LogP contribution in [0.2, 0.25) is 0 Å². The van der Waals surface area contributed by atoms with Gasteiger partial charge < -0.3 is 19.9 Å². The molecule has 2 aromatic rings. The summed E-state index contributed by atoms with van der Waals surface area (Å²) in [4.78, 5) is 17.5. The quantitative estimate of drug-likeness (QED) is 0.851. The number of rotatable bonds is 6. The molecule has 0 aliphatic carbocycles. The summed E-state index contributed by atoms with van der Waals surface area (Å²) in [6.07, 6.45) is 3.38. The summed E-state index contributed by atoms with van der Waals surface area (Å²) in [7, 11) is 1.66. The minimum absolute atomic E-state index is 0.234. The van der Waals surface area contributed by atoms with Gasteiger partial charge in [0.1, 0.15) is 11.6 Å². The third kappa shape index (κ3) is 4.55. The highest BCUT2D eigenvalue weighted by Gasteiger charge is 2.11. The van der Waals surface area contributed by atoms with E-state index in [-0.39, 0.29) is 18.4 Å². The van der Waals surface area contributed by atoms with E-state index in [0.29, 0.717) is 30.0 Å². The first kappa shape index (κ1) is 17.9. The Balaban J connectivity index is 1.95. The molecule has 6 nitrogen and oxygen atoms in total. The molecular formula is C17H23FN4O2. The van der Waals surface area contributed by atoms with E-state index in [1.807, 2.05) is 0 Å². The Morgan fingerprint density at radius 1 is 1.50 bits per heavy atom. The Morgan fingerprint density at radius 3 is 2.83 bits per heavy atom. The SMILES string of the molecule is Cc1nccn1-c1ccc(CNC(=O)N(C)CCC(C)O)cc1F. The highest BCUT2D eigenvalue weighted by atomic mass is 19.1. The van der Waals surface area contributed by atoms with Gasteiger partial charge in [-0.25, -0.2) is 14.2 Å². The van der Waals surface area contributed by atoms with Crippen LogP contribution in [-0.2, 0) is 6.54 Å². The zero-order valence-electron chi connectivity index (χ0n) is 14.2. The first-order chi connectivity index (χ1) is 11.4. The van der Waals surface area contributed by atoms with Crippen molar-refractivity contribution in [3.63, 3.8) is 0 Å². The van der Waals surface area contributed by atoms with Crippen LogP contribution in [0.4, 0.5) is 9.18 Å². The molecular weight excluding hydrogens is 311 g/mol. The number of aryl methyl sites for hydroxylation is 1. The minimum Gasteiger partial charge on any atom is -0.393 e. The molecule has 0 aliphatic rings. The molecule has 1 unspecified atom stereocenters. The van der Waals surface area contributed by atoms with Gasteiger partial charge in [-0.15, -0.1) is 0 Å². The van der Waals surface area contributed by atoms with Gasteiger partial charge in [0, 0.05) is 32.5 Å². The van der Waals surface area contributed by atoms with Crippen LogP contribution < -0.4 is 5.32 Å². The van der Waals surface area contributed by atoms with Crippen LogP contribution in [0.3, 0.4) is 0 Å². The molecule has 0 radical (unpaired) electrons. The fourth-order valence-electron chi connectivity index (χ4n) is 2.28. The Bertz CT molecular complexity index is 700. The number of urea groups is 1. The van der Waals surface area contributed by atoms with Gasteiger partial charge in [0.25, 0.3) is 0 Å². The molecule has 24 heavy (non-hydrogen) atoms. The van der Waals surface area contributed by atoms with Crippen LogP contribution in [0.25, 0.3) is 5.69 Å². The summed E-state index contributed by atoms with van der Waals surface area (Å²) in [5.74, 6) is 0.333. The molecule has 7 heteroatoms. The average molecular weight is 334 g/mol. The zero-order chi connectivity index (χ0) is 17.7. The molecule has 0 spiro atoms. The molecule has 0 aliphatic heterocycles. The summed E-state index contributed by atoms with van der Waals surface area (Å²) in [5, 5.41) is 12.0. The van der Waals surface area contributed by atoms with Gasteiger partial charge in [0.2, 0.25) is 0 Å². The Hall–Kier alpha value is -2.41. The van der Waals surface area contributed by atoms with E-state index < -0.39 is 6.10 Å². The maximum absolute atomic E-state index is 14.3. The van der Waals surface area contributed by atoms with Crippen molar-refractivity contribution >= 4 is 6.03 Å². The van der Waals surface area contributed by atoms with Gasteiger partial charge in [0.05, 0.1) is 11.8 Å². The number of aliphatic hydroxyl groups excluding tert-OH is 1. The lowest BCUT2D eigenvalue weighted by Gasteiger charge is -2.18. The molecule has 130 valence electrons. The lowest BCUT2D eigenvalue weighted by Crippen LogP contribution is -2.38. The van der Waals surface area contributed by atoms with Gasteiger partial charge >= 0.3 is 6.03 Å². The molecule has 1 heterocycles. The standard InChI is InChI=1S/C17H23FN4O2/c1-12(23)6-8-21(3)17(24)20-11-14-4-5-16(15(18)10-14)22-9-7-19-13(22)2/h4-5,7,9-10,12,23H,6,8,11H2,1-3H3,(H,20,24). The van der Waals surface area contributed by atoms with E-state index in [2.05, 4.69) is 10.3 Å². The Labute approximate surface area is 140 Å². The van der Waals surface area contributed by atoms with Crippen LogP contribution in [0.1, 0.15) is 24.7 Å². The first-order valence-corrected chi connectivity index (χ1v) is 7.84. The van der Waals surface area contributed by atoms with Crippen LogP contribution in [0.5, 0.6) is 0 Å². The number of carbonyl (C=O) groups is 1. The number of nitrogens with zero attached hydrogens (tertiary/aromatic N) is 3. The molecule has 0 fully saturated rings. The van der Waals surface area contributed by atoms with Crippen molar-refractivity contribution in [2.45, 2.75) is 32.9 Å². The maximum Gasteiger partial charge on any atom is 0.317 e. The summed E-state index contributed by atoms with van der Waals surface area (Å²) in [6.45, 7) is 4.17. The molecule has 2 amide bonds. The molecule has 0 saturated carbocycles. The van der Waals surface area contributed by atoms with Crippen LogP contribution in [0, 0.1) is 12.7 Å². The van der Waals surface area contributed by atoms with Crippen molar-refractivity contribution < 1.29 is 14.3 Å². The van der Waals surface area contributed by atoms with Crippen LogP contribution >= 0.6 is 0 Å². The number of halogens is 1. The number of aromatic nitrogens is 2. The van der Waals surface area contributed by atoms with Crippen molar-refractivity contribution in [3.8, 4) is 5.69 Å². The second kappa shape index (κ2) is 7.92. The molecule has 1 aromatic heterocycles. The normalized spacial score (nSPS) is 12.0. The predicted molar refractivity (Wildman–Crippen MR) is 89.4 cm³/mol. The van der Waals surface area contributed by atoms with Gasteiger partial charge in [-0.1, -0.05) is 6.07 Å². The van der Waals surface area contributed by atoms with Crippen LogP contribution in [-0.4, -0.2) is 45.3 Å². The first-order valence-electron chi connectivity index (χ1n) is 7.84. The summed E-state index contributed by atoms with van der Waals surface area (Å²) >= 11 is 0. The number of hydrogen-bond acceptors (Lipinski definition) is 3. The highest BCUT2D eigenvalue weighted by Crippen LogP contribution is 2.16. The molecule has 0 bridgehead atoms. The van der Waals surface area contributed by atoms with Crippen molar-refractivity contribution in [2.75, 3.05) is 13.6 Å². The number of nitrogens with one attached hydrogen (secondary N) is 1. The van der Waals surface area contributed by atoms with Gasteiger partial charge in [0.15, 0.2) is 0 Å². The number of imidazole rings is 1. The molecule has 0 saturated heterocycles. The van der Waals surface area contributed by atoms with Crippen molar-refractivity contribution in [2.24, 2.45) is 0 Å². The van der Waals surface area contributed by atoms with E-state index in [1.165, 1.54) is 11.0 Å². The third-order valence-corrected chi connectivity index (χ3v) is 3.77. The van der Waals surface area contributed by atoms with E-state index in [1.54, 1.807) is 50.0 Å². The summed E-state index contributed by atoms with van der Waals surface area (Å²) < 4.78 is 16.0. The smallest absolute Gasteiger partial charge is 0.317 e. The van der Waals surface area contributed by atoms with E-state index in [0.717, 1.165) is 0 Å². The number of aliphatic hydroxyl groups is 1. The van der Waals surface area contributed by atoms with Crippen molar-refractivity contribution in [3.05, 3.63) is 47.8 Å². The predicted octanol–water partition coefficient (Wildman–Crippen LogP) is 2.23. The lowest BCUT2D eigenvalue weighted by molar-refractivity contribution is 0.163. The monoisotopic (exact) mass is 334 g/mol. The largest absolute Gasteiger partial charge is 0.393 e. The number of benzene rings is 1. The Kier molecular flexibility index (Phi) is 5.92. The minimum atomic E-state index is -0.450. The van der Waals surface area contributed by atoms with Gasteiger partial charge in [-0.3, -0.25) is 0 Å². The molecule has 2 N–H and O–H groups in total. The number of carbonyl (C=O) groups excluding carboxylic acids is 1. The van der Waals surface area contributed by atoms with Gasteiger partial charge in [-0.2, -0.15) is 0 Å². The molecule has 1 aromatic carbocycles. The number of amides is 2. The van der Waals surface area contributed by atoms with Gasteiger partial charge in [-0.05, 0) is 38.0 Å². The van der Waals surface area contributed by atoms with E-state index in [4.69, 9.17) is 0 Å². The maximum atomic E-state index is 14.3. The highest BCUT2D eigenvalue weighted by molar-refractivity contribution is 5.73. The lowest BCUT2D eigenvalue weighted by atomic mass is 10.2.